The highest BCUT2D eigenvalue weighted by atomic mass is 15.0. The third-order valence-corrected chi connectivity index (χ3v) is 11.5. The first-order valence-corrected chi connectivity index (χ1v) is 19.2. The monoisotopic (exact) mass is 713 g/mol. The topological polar surface area (TPSA) is 30.7 Å². The molecule has 0 fully saturated rings. The van der Waals surface area contributed by atoms with Crippen LogP contribution in [0.25, 0.3) is 72.5 Å². The van der Waals surface area contributed by atoms with Gasteiger partial charge in [0.15, 0.2) is 5.82 Å². The summed E-state index contributed by atoms with van der Waals surface area (Å²) < 4.78 is 2.49. The third-order valence-electron chi connectivity index (χ3n) is 11.5. The van der Waals surface area contributed by atoms with Gasteiger partial charge in [-0.15, -0.1) is 0 Å². The fraction of sp³-hybridized carbons (Fsp3) is 0.0189. The van der Waals surface area contributed by atoms with Gasteiger partial charge in [-0.2, -0.15) is 0 Å². The van der Waals surface area contributed by atoms with Gasteiger partial charge >= 0.3 is 0 Å². The molecule has 8 aromatic carbocycles. The number of benzene rings is 8. The summed E-state index contributed by atoms with van der Waals surface area (Å²) in [6, 6.07) is 76.4. The lowest BCUT2D eigenvalue weighted by Gasteiger charge is -2.42. The van der Waals surface area contributed by atoms with Crippen molar-refractivity contribution in [2.24, 2.45) is 0 Å². The van der Waals surface area contributed by atoms with Gasteiger partial charge in [0.05, 0.1) is 33.5 Å². The van der Waals surface area contributed by atoms with Crippen molar-refractivity contribution >= 4 is 21.8 Å². The van der Waals surface area contributed by atoms with E-state index in [2.05, 4.69) is 193 Å². The maximum atomic E-state index is 5.15. The molecule has 0 saturated heterocycles. The summed E-state index contributed by atoms with van der Waals surface area (Å²) in [6.07, 6.45) is 0. The Balaban J connectivity index is 1.12. The minimum absolute atomic E-state index is 0.572. The summed E-state index contributed by atoms with van der Waals surface area (Å²) >= 11 is 0. The lowest BCUT2D eigenvalue weighted by Crippen LogP contribution is -2.35. The molecule has 1 unspecified atom stereocenters. The van der Waals surface area contributed by atoms with Crippen LogP contribution in [-0.2, 0) is 5.41 Å². The minimum atomic E-state index is -0.572. The standard InChI is InChI=1S/C53H35N3/c1-4-17-36(18-5-1)47-35-48(55-52(54-47)37-19-6-2-7-20-37)40-23-14-21-38(33-40)39-22-15-26-42(34-39)53(41-24-8-3-9-25-41)45-29-11-13-32-50(45)56-49-31-12-10-27-43(49)44-28-16-30-46(53)51(44)56/h1-35H. The van der Waals surface area contributed by atoms with E-state index >= 15 is 0 Å². The molecule has 0 saturated carbocycles. The van der Waals surface area contributed by atoms with E-state index in [4.69, 9.17) is 9.97 Å². The SMILES string of the molecule is c1ccc(-c2cc(-c3cccc(-c4cccc(C5(c6ccccc6)c6ccccc6-n6c7ccccc7c7cccc5c76)c4)c3)nc(-c3ccccc3)n2)cc1. The Bertz CT molecular complexity index is 3020. The zero-order valence-electron chi connectivity index (χ0n) is 30.5. The molecular weight excluding hydrogens is 679 g/mol. The summed E-state index contributed by atoms with van der Waals surface area (Å²) in [5.41, 5.74) is 15.3. The quantitative estimate of drug-likeness (QED) is 0.172. The molecule has 1 aliphatic rings. The van der Waals surface area contributed by atoms with Gasteiger partial charge in [-0.3, -0.25) is 0 Å². The molecule has 56 heavy (non-hydrogen) atoms. The fourth-order valence-electron chi connectivity index (χ4n) is 9.04. The summed E-state index contributed by atoms with van der Waals surface area (Å²) in [5, 5.41) is 2.54. The van der Waals surface area contributed by atoms with Gasteiger partial charge in [0.2, 0.25) is 0 Å². The number of rotatable bonds is 6. The average Bonchev–Trinajstić information content (AvgIpc) is 3.63. The van der Waals surface area contributed by atoms with Crippen molar-refractivity contribution in [3.8, 4) is 50.7 Å². The zero-order valence-corrected chi connectivity index (χ0v) is 30.5. The van der Waals surface area contributed by atoms with E-state index in [9.17, 15) is 0 Å². The minimum Gasteiger partial charge on any atom is -0.309 e. The fourth-order valence-corrected chi connectivity index (χ4v) is 9.04. The molecule has 3 heterocycles. The molecule has 0 radical (unpaired) electrons. The van der Waals surface area contributed by atoms with E-state index in [1.165, 1.54) is 49.7 Å². The summed E-state index contributed by atoms with van der Waals surface area (Å²) in [6.45, 7) is 0. The Kier molecular flexibility index (Phi) is 7.39. The van der Waals surface area contributed by atoms with Crippen molar-refractivity contribution in [3.05, 3.63) is 235 Å². The molecule has 1 aliphatic heterocycles. The largest absolute Gasteiger partial charge is 0.309 e. The van der Waals surface area contributed by atoms with Crippen LogP contribution in [0.1, 0.15) is 22.3 Å². The molecule has 0 N–H and O–H groups in total. The van der Waals surface area contributed by atoms with Crippen LogP contribution < -0.4 is 0 Å². The van der Waals surface area contributed by atoms with Gasteiger partial charge in [-0.1, -0.05) is 182 Å². The number of aromatic nitrogens is 3. The third kappa shape index (κ3) is 4.91. The molecule has 3 heteroatoms. The van der Waals surface area contributed by atoms with Crippen molar-refractivity contribution in [2.75, 3.05) is 0 Å². The molecule has 0 aliphatic carbocycles. The molecular formula is C53H35N3. The van der Waals surface area contributed by atoms with Crippen LogP contribution in [0, 0.1) is 0 Å². The van der Waals surface area contributed by atoms with Gasteiger partial charge in [-0.05, 0) is 63.7 Å². The van der Waals surface area contributed by atoms with E-state index in [0.29, 0.717) is 5.82 Å². The second kappa shape index (κ2) is 12.9. The normalized spacial score (nSPS) is 14.5. The smallest absolute Gasteiger partial charge is 0.160 e. The van der Waals surface area contributed by atoms with Crippen molar-refractivity contribution in [1.29, 1.82) is 0 Å². The van der Waals surface area contributed by atoms with Crippen LogP contribution in [0.2, 0.25) is 0 Å². The molecule has 3 nitrogen and oxygen atoms in total. The number of hydrogen-bond donors (Lipinski definition) is 0. The second-order valence-electron chi connectivity index (χ2n) is 14.5. The van der Waals surface area contributed by atoms with Crippen LogP contribution >= 0.6 is 0 Å². The highest BCUT2D eigenvalue weighted by Crippen LogP contribution is 2.54. The van der Waals surface area contributed by atoms with Crippen LogP contribution in [0.3, 0.4) is 0 Å². The second-order valence-corrected chi connectivity index (χ2v) is 14.5. The van der Waals surface area contributed by atoms with Crippen molar-refractivity contribution < 1.29 is 0 Å². The zero-order chi connectivity index (χ0) is 37.1. The number of fused-ring (bicyclic) bond motifs is 5. The Hall–Kier alpha value is -7.36. The van der Waals surface area contributed by atoms with Gasteiger partial charge in [0.1, 0.15) is 0 Å². The highest BCUT2D eigenvalue weighted by molar-refractivity contribution is 6.12. The first-order valence-electron chi connectivity index (χ1n) is 19.2. The summed E-state index contributed by atoms with van der Waals surface area (Å²) in [7, 11) is 0. The van der Waals surface area contributed by atoms with Gasteiger partial charge < -0.3 is 4.57 Å². The average molecular weight is 714 g/mol. The molecule has 2 aromatic heterocycles. The molecule has 11 rings (SSSR count). The van der Waals surface area contributed by atoms with E-state index in [1.807, 2.05) is 24.3 Å². The van der Waals surface area contributed by atoms with E-state index in [-0.39, 0.29) is 0 Å². The number of para-hydroxylation sites is 3. The summed E-state index contributed by atoms with van der Waals surface area (Å²) in [4.78, 5) is 10.2. The highest BCUT2D eigenvalue weighted by Gasteiger charge is 2.45. The molecule has 262 valence electrons. The van der Waals surface area contributed by atoms with E-state index in [1.54, 1.807) is 0 Å². The van der Waals surface area contributed by atoms with E-state index in [0.717, 1.165) is 39.2 Å². The van der Waals surface area contributed by atoms with Gasteiger partial charge in [0, 0.05) is 27.5 Å². The lowest BCUT2D eigenvalue weighted by molar-refractivity contribution is 0.728. The first kappa shape index (κ1) is 32.1. The molecule has 0 amide bonds. The van der Waals surface area contributed by atoms with Crippen LogP contribution in [0.15, 0.2) is 212 Å². The predicted octanol–water partition coefficient (Wildman–Crippen LogP) is 12.9. The Morgan fingerprint density at radius 1 is 0.357 bits per heavy atom. The van der Waals surface area contributed by atoms with Crippen LogP contribution in [-0.4, -0.2) is 14.5 Å². The van der Waals surface area contributed by atoms with Crippen LogP contribution in [0.5, 0.6) is 0 Å². The van der Waals surface area contributed by atoms with Crippen molar-refractivity contribution in [2.45, 2.75) is 5.41 Å². The Morgan fingerprint density at radius 3 is 1.70 bits per heavy atom. The van der Waals surface area contributed by atoms with Crippen molar-refractivity contribution in [3.63, 3.8) is 0 Å². The Labute approximate surface area is 325 Å². The summed E-state index contributed by atoms with van der Waals surface area (Å²) in [5.74, 6) is 0.710. The maximum Gasteiger partial charge on any atom is 0.160 e. The molecule has 1 atom stereocenters. The number of nitrogens with zero attached hydrogens (tertiary/aromatic N) is 3. The van der Waals surface area contributed by atoms with Crippen molar-refractivity contribution in [1.82, 2.24) is 14.5 Å². The molecule has 0 spiro atoms. The van der Waals surface area contributed by atoms with Crippen LogP contribution in [0.4, 0.5) is 0 Å². The number of hydrogen-bond acceptors (Lipinski definition) is 2. The molecule has 0 bridgehead atoms. The first-order chi connectivity index (χ1) is 27.8. The lowest BCUT2D eigenvalue weighted by atomic mass is 9.63. The Morgan fingerprint density at radius 2 is 0.893 bits per heavy atom. The molecule has 10 aromatic rings. The van der Waals surface area contributed by atoms with Gasteiger partial charge in [0.25, 0.3) is 0 Å². The predicted molar refractivity (Wildman–Crippen MR) is 230 cm³/mol. The van der Waals surface area contributed by atoms with Gasteiger partial charge in [-0.25, -0.2) is 9.97 Å². The van der Waals surface area contributed by atoms with E-state index < -0.39 is 5.41 Å². The maximum absolute atomic E-state index is 5.15.